The van der Waals surface area contributed by atoms with E-state index in [1.165, 1.54) is 66.4 Å². The summed E-state index contributed by atoms with van der Waals surface area (Å²) >= 11 is 0. The monoisotopic (exact) mass is 569 g/mol. The van der Waals surface area contributed by atoms with Crippen molar-refractivity contribution in [3.8, 4) is 33.4 Å². The van der Waals surface area contributed by atoms with Crippen LogP contribution >= 0.6 is 0 Å². The second-order valence-corrected chi connectivity index (χ2v) is 14.4. The first-order chi connectivity index (χ1) is 21.1. The van der Waals surface area contributed by atoms with Gasteiger partial charge in [0.15, 0.2) is 0 Å². The van der Waals surface area contributed by atoms with Gasteiger partial charge in [0, 0.05) is 27.8 Å². The van der Waals surface area contributed by atoms with Gasteiger partial charge in [0.25, 0.3) is 0 Å². The molecule has 0 amide bonds. The summed E-state index contributed by atoms with van der Waals surface area (Å²) < 4.78 is 0. The Bertz CT molecular complexity index is 2120. The molecule has 6 aromatic rings. The lowest BCUT2D eigenvalue weighted by Gasteiger charge is -2.41. The van der Waals surface area contributed by atoms with Crippen LogP contribution in [0.4, 0.5) is 11.4 Å². The van der Waals surface area contributed by atoms with Gasteiger partial charge in [0.1, 0.15) is 0 Å². The zero-order valence-corrected chi connectivity index (χ0v) is 26.5. The zero-order valence-electron chi connectivity index (χ0n) is 26.5. The van der Waals surface area contributed by atoms with Gasteiger partial charge in [0.05, 0.1) is 0 Å². The summed E-state index contributed by atoms with van der Waals surface area (Å²) in [6, 6.07) is 45.2. The number of benzene rings is 6. The molecule has 0 radical (unpaired) electrons. The van der Waals surface area contributed by atoms with Crippen molar-refractivity contribution in [2.45, 2.75) is 52.4 Å². The lowest BCUT2D eigenvalue weighted by Crippen LogP contribution is -2.36. The maximum atomic E-state index is 3.89. The molecule has 1 atom stereocenters. The van der Waals surface area contributed by atoms with Crippen molar-refractivity contribution in [2.24, 2.45) is 5.41 Å². The van der Waals surface area contributed by atoms with Gasteiger partial charge in [-0.15, -0.1) is 0 Å². The average Bonchev–Trinajstić information content (AvgIpc) is 3.42. The molecule has 0 saturated heterocycles. The van der Waals surface area contributed by atoms with Crippen LogP contribution in [0.3, 0.4) is 0 Å². The van der Waals surface area contributed by atoms with Crippen LogP contribution in [0.15, 0.2) is 121 Å². The van der Waals surface area contributed by atoms with Crippen molar-refractivity contribution in [2.75, 3.05) is 5.32 Å². The highest BCUT2D eigenvalue weighted by atomic mass is 14.9. The minimum Gasteiger partial charge on any atom is -0.355 e. The molecule has 216 valence electrons. The normalized spacial score (nSPS) is 17.6. The molecule has 0 aliphatic heterocycles. The predicted molar refractivity (Wildman–Crippen MR) is 188 cm³/mol. The van der Waals surface area contributed by atoms with Crippen LogP contribution in [0, 0.1) is 5.41 Å². The van der Waals surface area contributed by atoms with Crippen LogP contribution in [0.5, 0.6) is 0 Å². The minimum atomic E-state index is -0.103. The van der Waals surface area contributed by atoms with E-state index in [0.29, 0.717) is 0 Å². The van der Waals surface area contributed by atoms with E-state index >= 15 is 0 Å². The summed E-state index contributed by atoms with van der Waals surface area (Å²) in [5, 5.41) is 6.41. The molecule has 44 heavy (non-hydrogen) atoms. The van der Waals surface area contributed by atoms with Crippen LogP contribution in [0.2, 0.25) is 0 Å². The molecule has 0 fully saturated rings. The van der Waals surface area contributed by atoms with Crippen LogP contribution in [-0.4, -0.2) is 0 Å². The van der Waals surface area contributed by atoms with Crippen LogP contribution in [0.1, 0.15) is 63.8 Å². The van der Waals surface area contributed by atoms with Gasteiger partial charge in [-0.3, -0.25) is 0 Å². The molecule has 2 aliphatic rings. The highest BCUT2D eigenvalue weighted by molar-refractivity contribution is 6.04. The number of rotatable bonds is 3. The minimum absolute atomic E-state index is 0.0395. The Hall–Kier alpha value is -4.62. The maximum Gasteiger partial charge on any atom is 0.0470 e. The fourth-order valence-corrected chi connectivity index (χ4v) is 8.08. The third-order valence-corrected chi connectivity index (χ3v) is 10.9. The van der Waals surface area contributed by atoms with Gasteiger partial charge in [-0.25, -0.2) is 0 Å². The van der Waals surface area contributed by atoms with E-state index in [-0.39, 0.29) is 16.2 Å². The zero-order chi connectivity index (χ0) is 30.4. The number of anilines is 2. The first-order valence-corrected chi connectivity index (χ1v) is 15.9. The Labute approximate surface area is 261 Å². The second-order valence-electron chi connectivity index (χ2n) is 14.4. The van der Waals surface area contributed by atoms with Crippen LogP contribution in [0.25, 0.3) is 44.2 Å². The maximum absolute atomic E-state index is 3.89. The fraction of sp³-hybridized carbons (Fsp3) is 0.209. The topological polar surface area (TPSA) is 12.0 Å². The van der Waals surface area contributed by atoms with Gasteiger partial charge in [-0.2, -0.15) is 0 Å². The second kappa shape index (κ2) is 9.19. The van der Waals surface area contributed by atoms with Crippen LogP contribution in [-0.2, 0) is 10.8 Å². The quantitative estimate of drug-likeness (QED) is 0.223. The molecule has 0 aromatic heterocycles. The highest BCUT2D eigenvalue weighted by Crippen LogP contribution is 2.58. The van der Waals surface area contributed by atoms with Gasteiger partial charge >= 0.3 is 0 Å². The van der Waals surface area contributed by atoms with Crippen molar-refractivity contribution in [3.05, 3.63) is 144 Å². The molecule has 0 saturated carbocycles. The lowest BCUT2D eigenvalue weighted by atomic mass is 9.62. The molecule has 1 N–H and O–H groups in total. The molecular formula is C43H39N. The Morgan fingerprint density at radius 3 is 1.91 bits per heavy atom. The number of hydrogen-bond acceptors (Lipinski definition) is 1. The van der Waals surface area contributed by atoms with Gasteiger partial charge in [-0.1, -0.05) is 139 Å². The van der Waals surface area contributed by atoms with E-state index in [9.17, 15) is 0 Å². The lowest BCUT2D eigenvalue weighted by molar-refractivity contribution is 0.255. The molecule has 8 rings (SSSR count). The van der Waals surface area contributed by atoms with Crippen LogP contribution < -0.4 is 5.32 Å². The van der Waals surface area contributed by atoms with Crippen molar-refractivity contribution in [1.29, 1.82) is 0 Å². The van der Waals surface area contributed by atoms with E-state index in [1.54, 1.807) is 0 Å². The SMILES string of the molecule is CC1(C)c2ccccc2-c2ccc(Nc3ccc4ccccc4c3-c3ccc4c(c3)C(C)(C(C)(C)C)c3ccccc3-4)cc21. The molecule has 1 heteroatoms. The summed E-state index contributed by atoms with van der Waals surface area (Å²) in [6.07, 6.45) is 0. The molecule has 0 spiro atoms. The van der Waals surface area contributed by atoms with Gasteiger partial charge in [-0.05, 0) is 90.5 Å². The first kappa shape index (κ1) is 27.0. The van der Waals surface area contributed by atoms with Crippen molar-refractivity contribution >= 4 is 22.1 Å². The molecular weight excluding hydrogens is 530 g/mol. The number of fused-ring (bicyclic) bond motifs is 7. The fourth-order valence-electron chi connectivity index (χ4n) is 8.08. The Morgan fingerprint density at radius 1 is 0.523 bits per heavy atom. The Balaban J connectivity index is 1.29. The van der Waals surface area contributed by atoms with Crippen molar-refractivity contribution in [1.82, 2.24) is 0 Å². The molecule has 6 aromatic carbocycles. The smallest absolute Gasteiger partial charge is 0.0470 e. The van der Waals surface area contributed by atoms with E-state index in [2.05, 4.69) is 168 Å². The molecule has 0 heterocycles. The number of hydrogen-bond donors (Lipinski definition) is 1. The molecule has 1 unspecified atom stereocenters. The van der Waals surface area contributed by atoms with E-state index < -0.39 is 0 Å². The summed E-state index contributed by atoms with van der Waals surface area (Å²) in [5.74, 6) is 0. The first-order valence-electron chi connectivity index (χ1n) is 15.9. The third-order valence-electron chi connectivity index (χ3n) is 10.9. The molecule has 0 bridgehead atoms. The number of nitrogens with one attached hydrogen (secondary N) is 1. The van der Waals surface area contributed by atoms with E-state index in [1.807, 2.05) is 0 Å². The highest BCUT2D eigenvalue weighted by Gasteiger charge is 2.47. The Morgan fingerprint density at radius 2 is 1.14 bits per heavy atom. The summed E-state index contributed by atoms with van der Waals surface area (Å²) in [4.78, 5) is 0. The van der Waals surface area contributed by atoms with Crippen molar-refractivity contribution < 1.29 is 0 Å². The van der Waals surface area contributed by atoms with Gasteiger partial charge < -0.3 is 5.32 Å². The molecule has 1 nitrogen and oxygen atoms in total. The van der Waals surface area contributed by atoms with E-state index in [4.69, 9.17) is 0 Å². The van der Waals surface area contributed by atoms with Crippen molar-refractivity contribution in [3.63, 3.8) is 0 Å². The molecule has 2 aliphatic carbocycles. The standard InChI is InChI=1S/C43H39N/c1-41(2,3)43(6)36-18-12-10-16-32(36)34-22-19-28(25-38(34)43)40-30-14-8-7-13-27(30)20-24-39(40)44-29-21-23-33-31-15-9-11-17-35(31)42(4,5)37(33)26-29/h7-26,44H,1-6H3. The summed E-state index contributed by atoms with van der Waals surface area (Å²) in [6.45, 7) is 14.3. The largest absolute Gasteiger partial charge is 0.355 e. The van der Waals surface area contributed by atoms with Gasteiger partial charge in [0.2, 0.25) is 0 Å². The Kier molecular flexibility index (Phi) is 5.63. The average molecular weight is 570 g/mol. The predicted octanol–water partition coefficient (Wildman–Crippen LogP) is 11.9. The summed E-state index contributed by atoms with van der Waals surface area (Å²) in [7, 11) is 0. The van der Waals surface area contributed by atoms with E-state index in [0.717, 1.165) is 11.4 Å². The third kappa shape index (κ3) is 3.65. The summed E-state index contributed by atoms with van der Waals surface area (Å²) in [5.41, 5.74) is 15.7.